The molecule has 0 saturated heterocycles. The summed E-state index contributed by atoms with van der Waals surface area (Å²) >= 11 is 0. The molecule has 0 spiro atoms. The van der Waals surface area contributed by atoms with Crippen molar-refractivity contribution in [2.45, 2.75) is 13.0 Å². The van der Waals surface area contributed by atoms with Crippen LogP contribution in [0.5, 0.6) is 0 Å². The van der Waals surface area contributed by atoms with Gasteiger partial charge >= 0.3 is 0 Å². The van der Waals surface area contributed by atoms with Crippen LogP contribution in [0.1, 0.15) is 21.7 Å². The molecule has 3 N–H and O–H groups in total. The zero-order valence-corrected chi connectivity index (χ0v) is 20.1. The van der Waals surface area contributed by atoms with Gasteiger partial charge in [-0.25, -0.2) is 9.97 Å². The van der Waals surface area contributed by atoms with Crippen LogP contribution >= 0.6 is 0 Å². The summed E-state index contributed by atoms with van der Waals surface area (Å²) in [6.45, 7) is 1.89. The first-order chi connectivity index (χ1) is 18.2. The van der Waals surface area contributed by atoms with Crippen molar-refractivity contribution in [3.63, 3.8) is 0 Å². The predicted octanol–water partition coefficient (Wildman–Crippen LogP) is 4.08. The third-order valence-corrected chi connectivity index (χ3v) is 6.58. The molecule has 0 aliphatic carbocycles. The van der Waals surface area contributed by atoms with E-state index >= 15 is 0 Å². The normalized spacial score (nSPS) is 13.3. The summed E-state index contributed by atoms with van der Waals surface area (Å²) in [5.74, 6) is -0.270. The highest BCUT2D eigenvalue weighted by atomic mass is 16.2. The SMILES string of the molecule is Nc1nc(-c2ccccc2)c(-c2ccc3ncccc3c2)nc1C(=O)NCN1CCc2cccnc2C1. The molecule has 1 aliphatic heterocycles. The van der Waals surface area contributed by atoms with E-state index in [-0.39, 0.29) is 17.4 Å². The number of amides is 1. The van der Waals surface area contributed by atoms with Crippen molar-refractivity contribution in [2.24, 2.45) is 0 Å². The lowest BCUT2D eigenvalue weighted by Crippen LogP contribution is -2.41. The molecule has 0 atom stereocenters. The van der Waals surface area contributed by atoms with Gasteiger partial charge in [-0.2, -0.15) is 0 Å². The van der Waals surface area contributed by atoms with E-state index in [2.05, 4.69) is 31.2 Å². The lowest BCUT2D eigenvalue weighted by atomic mass is 10.0. The van der Waals surface area contributed by atoms with E-state index < -0.39 is 0 Å². The average Bonchev–Trinajstić information content (AvgIpc) is 2.96. The summed E-state index contributed by atoms with van der Waals surface area (Å²) in [7, 11) is 0. The number of nitrogens with zero attached hydrogens (tertiary/aromatic N) is 5. The Morgan fingerprint density at radius 3 is 2.59 bits per heavy atom. The molecule has 182 valence electrons. The minimum atomic E-state index is -0.361. The second-order valence-electron chi connectivity index (χ2n) is 9.01. The first-order valence-corrected chi connectivity index (χ1v) is 12.2. The molecule has 3 aromatic heterocycles. The van der Waals surface area contributed by atoms with Gasteiger partial charge in [0, 0.05) is 42.0 Å². The second-order valence-corrected chi connectivity index (χ2v) is 9.01. The Balaban J connectivity index is 1.32. The zero-order chi connectivity index (χ0) is 25.2. The van der Waals surface area contributed by atoms with Crippen LogP contribution < -0.4 is 11.1 Å². The highest BCUT2D eigenvalue weighted by Crippen LogP contribution is 2.32. The fraction of sp³-hybridized carbons (Fsp3) is 0.138. The third kappa shape index (κ3) is 4.62. The van der Waals surface area contributed by atoms with Crippen molar-refractivity contribution < 1.29 is 4.79 Å². The van der Waals surface area contributed by atoms with Crippen LogP contribution in [0.15, 0.2) is 85.2 Å². The molecule has 2 aromatic carbocycles. The number of benzene rings is 2. The summed E-state index contributed by atoms with van der Waals surface area (Å²) in [6, 6.07) is 23.6. The first kappa shape index (κ1) is 22.8. The van der Waals surface area contributed by atoms with Crippen LogP contribution in [0, 0.1) is 0 Å². The number of nitrogens with one attached hydrogen (secondary N) is 1. The van der Waals surface area contributed by atoms with Gasteiger partial charge in [-0.1, -0.05) is 48.5 Å². The monoisotopic (exact) mass is 487 g/mol. The van der Waals surface area contributed by atoms with Gasteiger partial charge in [0.2, 0.25) is 0 Å². The number of pyridine rings is 2. The van der Waals surface area contributed by atoms with Crippen molar-refractivity contribution in [2.75, 3.05) is 18.9 Å². The van der Waals surface area contributed by atoms with E-state index in [0.717, 1.165) is 40.7 Å². The molecule has 5 aromatic rings. The lowest BCUT2D eigenvalue weighted by Gasteiger charge is -2.27. The number of aromatic nitrogens is 4. The number of hydrogen-bond donors (Lipinski definition) is 2. The Morgan fingerprint density at radius 1 is 0.892 bits per heavy atom. The highest BCUT2D eigenvalue weighted by Gasteiger charge is 2.22. The van der Waals surface area contributed by atoms with Crippen LogP contribution in [0.25, 0.3) is 33.4 Å². The number of carbonyl (C=O) groups excluding carboxylic acids is 1. The molecule has 0 radical (unpaired) electrons. The Kier molecular flexibility index (Phi) is 6.00. The van der Waals surface area contributed by atoms with Crippen LogP contribution in [0.2, 0.25) is 0 Å². The van der Waals surface area contributed by atoms with E-state index in [0.29, 0.717) is 24.6 Å². The molecular weight excluding hydrogens is 462 g/mol. The third-order valence-electron chi connectivity index (χ3n) is 6.58. The summed E-state index contributed by atoms with van der Waals surface area (Å²) < 4.78 is 0. The zero-order valence-electron chi connectivity index (χ0n) is 20.1. The van der Waals surface area contributed by atoms with Gasteiger partial charge in [0.1, 0.15) is 0 Å². The fourth-order valence-electron chi connectivity index (χ4n) is 4.65. The van der Waals surface area contributed by atoms with Gasteiger partial charge in [0.15, 0.2) is 11.5 Å². The van der Waals surface area contributed by atoms with Crippen molar-refractivity contribution in [1.29, 1.82) is 0 Å². The molecule has 8 nitrogen and oxygen atoms in total. The smallest absolute Gasteiger partial charge is 0.274 e. The maximum absolute atomic E-state index is 13.3. The molecule has 37 heavy (non-hydrogen) atoms. The first-order valence-electron chi connectivity index (χ1n) is 12.2. The molecule has 8 heteroatoms. The molecule has 1 amide bonds. The van der Waals surface area contributed by atoms with Gasteiger partial charge in [-0.15, -0.1) is 0 Å². The van der Waals surface area contributed by atoms with E-state index in [1.165, 1.54) is 5.56 Å². The van der Waals surface area contributed by atoms with Crippen molar-refractivity contribution in [3.05, 3.63) is 102 Å². The fourth-order valence-corrected chi connectivity index (χ4v) is 4.65. The van der Waals surface area contributed by atoms with Gasteiger partial charge in [-0.3, -0.25) is 19.7 Å². The van der Waals surface area contributed by atoms with Crippen molar-refractivity contribution in [3.8, 4) is 22.5 Å². The van der Waals surface area contributed by atoms with Crippen LogP contribution in [-0.2, 0) is 13.0 Å². The summed E-state index contributed by atoms with van der Waals surface area (Å²) in [4.78, 5) is 33.7. The Morgan fingerprint density at radius 2 is 1.70 bits per heavy atom. The predicted molar refractivity (Wildman–Crippen MR) is 143 cm³/mol. The number of hydrogen-bond acceptors (Lipinski definition) is 7. The van der Waals surface area contributed by atoms with Crippen molar-refractivity contribution >= 4 is 22.6 Å². The molecule has 0 fully saturated rings. The second kappa shape index (κ2) is 9.75. The minimum Gasteiger partial charge on any atom is -0.382 e. The van der Waals surface area contributed by atoms with E-state index in [1.807, 2.05) is 66.7 Å². The van der Waals surface area contributed by atoms with Gasteiger partial charge in [-0.05, 0) is 36.2 Å². The van der Waals surface area contributed by atoms with Gasteiger partial charge < -0.3 is 11.1 Å². The standard InChI is InChI=1S/C29H25N7O/c30-28-27(29(37)33-18-36-15-12-19-8-4-14-32-24(19)17-36)34-26(25(35-28)20-6-2-1-3-7-20)22-10-11-23-21(16-22)9-5-13-31-23/h1-11,13-14,16H,12,15,17-18H2,(H2,30,35)(H,33,37). The van der Waals surface area contributed by atoms with Gasteiger partial charge in [0.25, 0.3) is 5.91 Å². The summed E-state index contributed by atoms with van der Waals surface area (Å²) in [5.41, 5.74) is 12.5. The maximum atomic E-state index is 13.3. The Bertz CT molecular complexity index is 1600. The number of nitrogen functional groups attached to an aromatic ring is 1. The van der Waals surface area contributed by atoms with Crippen molar-refractivity contribution in [1.82, 2.24) is 30.2 Å². The largest absolute Gasteiger partial charge is 0.382 e. The number of carbonyl (C=O) groups is 1. The number of nitrogens with two attached hydrogens (primary N) is 1. The van der Waals surface area contributed by atoms with Crippen LogP contribution in [0.3, 0.4) is 0 Å². The average molecular weight is 488 g/mol. The maximum Gasteiger partial charge on any atom is 0.274 e. The highest BCUT2D eigenvalue weighted by molar-refractivity contribution is 5.98. The van der Waals surface area contributed by atoms with Crippen LogP contribution in [0.4, 0.5) is 5.82 Å². The summed E-state index contributed by atoms with van der Waals surface area (Å²) in [5, 5.41) is 3.95. The quantitative estimate of drug-likeness (QED) is 0.384. The van der Waals surface area contributed by atoms with Crippen LogP contribution in [-0.4, -0.2) is 44.0 Å². The van der Waals surface area contributed by atoms with E-state index in [4.69, 9.17) is 10.7 Å². The summed E-state index contributed by atoms with van der Waals surface area (Å²) in [6.07, 6.45) is 4.46. The Labute approximate surface area is 214 Å². The topological polar surface area (TPSA) is 110 Å². The molecule has 6 rings (SSSR count). The minimum absolute atomic E-state index is 0.0909. The molecule has 4 heterocycles. The van der Waals surface area contributed by atoms with E-state index in [1.54, 1.807) is 12.4 Å². The molecule has 0 unspecified atom stereocenters. The lowest BCUT2D eigenvalue weighted by molar-refractivity contribution is 0.0912. The molecular formula is C29H25N7O. The number of rotatable bonds is 5. The molecule has 0 saturated carbocycles. The molecule has 0 bridgehead atoms. The van der Waals surface area contributed by atoms with Gasteiger partial charge in [0.05, 0.1) is 29.3 Å². The molecule has 1 aliphatic rings. The Hall–Kier alpha value is -4.69. The number of anilines is 1. The number of fused-ring (bicyclic) bond motifs is 2. The van der Waals surface area contributed by atoms with E-state index in [9.17, 15) is 4.79 Å².